The van der Waals surface area contributed by atoms with Gasteiger partial charge in [-0.05, 0) is 32.2 Å². The molecule has 0 unspecified atom stereocenters. The van der Waals surface area contributed by atoms with E-state index in [1.54, 1.807) is 6.92 Å². The first-order valence-corrected chi connectivity index (χ1v) is 8.47. The first-order chi connectivity index (χ1) is 10.7. The van der Waals surface area contributed by atoms with Crippen LogP contribution in [0.1, 0.15) is 57.3 Å². The highest BCUT2D eigenvalue weighted by Crippen LogP contribution is 2.21. The van der Waals surface area contributed by atoms with E-state index in [1.807, 2.05) is 12.4 Å². The Labute approximate surface area is 133 Å². The Bertz CT molecular complexity index is 460. The smallest absolute Gasteiger partial charge is 0.216 e. The number of likely N-dealkylation sites (tertiary alicyclic amines) is 1. The normalized spacial score (nSPS) is 19.1. The van der Waals surface area contributed by atoms with Crippen molar-refractivity contribution in [3.8, 4) is 0 Å². The number of nitrogens with one attached hydrogen (secondary N) is 1. The minimum atomic E-state index is 0.0577. The summed E-state index contributed by atoms with van der Waals surface area (Å²) in [5, 5.41) is 2.91. The Balaban J connectivity index is 1.88. The highest BCUT2D eigenvalue weighted by molar-refractivity contribution is 5.72. The average Bonchev–Trinajstić information content (AvgIpc) is 2.51. The number of amides is 1. The predicted octanol–water partition coefficient (Wildman–Crippen LogP) is 2.31. The number of carbonyl (C=O) groups excluding carboxylic acids is 1. The van der Waals surface area contributed by atoms with E-state index in [1.165, 1.54) is 24.8 Å². The van der Waals surface area contributed by atoms with Gasteiger partial charge in [-0.15, -0.1) is 0 Å². The second-order valence-corrected chi connectivity index (χ2v) is 6.15. The fourth-order valence-electron chi connectivity index (χ4n) is 3.06. The lowest BCUT2D eigenvalue weighted by Crippen LogP contribution is -2.41. The van der Waals surface area contributed by atoms with E-state index in [0.29, 0.717) is 6.04 Å². The van der Waals surface area contributed by atoms with Crippen LogP contribution in [-0.4, -0.2) is 39.9 Å². The number of nitrogens with zero attached hydrogens (tertiary/aromatic N) is 3. The van der Waals surface area contributed by atoms with Gasteiger partial charge in [0.1, 0.15) is 5.82 Å². The molecule has 1 fully saturated rings. The monoisotopic (exact) mass is 304 g/mol. The molecule has 0 aliphatic carbocycles. The van der Waals surface area contributed by atoms with Gasteiger partial charge in [0.15, 0.2) is 0 Å². The maximum atomic E-state index is 11.0. The lowest BCUT2D eigenvalue weighted by molar-refractivity contribution is -0.119. The minimum absolute atomic E-state index is 0.0577. The van der Waals surface area contributed by atoms with Crippen LogP contribution in [0, 0.1) is 0 Å². The number of aryl methyl sites for hydroxylation is 1. The Morgan fingerprint density at radius 1 is 1.36 bits per heavy atom. The van der Waals surface area contributed by atoms with Gasteiger partial charge in [0.05, 0.1) is 0 Å². The van der Waals surface area contributed by atoms with Crippen molar-refractivity contribution in [3.05, 3.63) is 23.8 Å². The third kappa shape index (κ3) is 5.37. The largest absolute Gasteiger partial charge is 0.356 e. The molecule has 0 spiro atoms. The molecule has 2 rings (SSSR count). The molecule has 1 N–H and O–H groups in total. The maximum absolute atomic E-state index is 11.0. The Kier molecular flexibility index (Phi) is 6.77. The van der Waals surface area contributed by atoms with Crippen LogP contribution in [-0.2, 0) is 17.8 Å². The van der Waals surface area contributed by atoms with Crippen LogP contribution < -0.4 is 5.32 Å². The molecular formula is C17H28N4O. The topological polar surface area (TPSA) is 58.1 Å². The first-order valence-electron chi connectivity index (χ1n) is 8.47. The maximum Gasteiger partial charge on any atom is 0.216 e. The third-order valence-electron chi connectivity index (χ3n) is 4.22. The van der Waals surface area contributed by atoms with Crippen molar-refractivity contribution in [1.82, 2.24) is 20.2 Å². The van der Waals surface area contributed by atoms with Crippen LogP contribution in [0.2, 0.25) is 0 Å². The fourth-order valence-corrected chi connectivity index (χ4v) is 3.06. The van der Waals surface area contributed by atoms with Crippen LogP contribution in [0.4, 0.5) is 0 Å². The predicted molar refractivity (Wildman–Crippen MR) is 87.4 cm³/mol. The summed E-state index contributed by atoms with van der Waals surface area (Å²) in [6, 6.07) is 0.552. The average molecular weight is 304 g/mol. The van der Waals surface area contributed by atoms with Crippen molar-refractivity contribution in [2.75, 3.05) is 13.1 Å². The molecule has 0 saturated carbocycles. The zero-order chi connectivity index (χ0) is 15.8. The molecule has 2 heterocycles. The van der Waals surface area contributed by atoms with Gasteiger partial charge in [-0.25, -0.2) is 9.97 Å². The molecule has 122 valence electrons. The van der Waals surface area contributed by atoms with Crippen molar-refractivity contribution in [2.24, 2.45) is 0 Å². The minimum Gasteiger partial charge on any atom is -0.356 e. The van der Waals surface area contributed by atoms with Crippen molar-refractivity contribution in [2.45, 2.75) is 65.0 Å². The van der Waals surface area contributed by atoms with Gasteiger partial charge < -0.3 is 5.32 Å². The molecule has 22 heavy (non-hydrogen) atoms. The molecule has 1 aromatic heterocycles. The molecule has 0 radical (unpaired) electrons. The molecule has 0 aromatic carbocycles. The summed E-state index contributed by atoms with van der Waals surface area (Å²) in [4.78, 5) is 22.4. The first kappa shape index (κ1) is 16.9. The molecule has 5 heteroatoms. The summed E-state index contributed by atoms with van der Waals surface area (Å²) in [7, 11) is 0. The Morgan fingerprint density at radius 2 is 2.14 bits per heavy atom. The lowest BCUT2D eigenvalue weighted by atomic mass is 9.99. The van der Waals surface area contributed by atoms with Crippen LogP contribution in [0.5, 0.6) is 0 Å². The highest BCUT2D eigenvalue weighted by Gasteiger charge is 2.22. The molecular weight excluding hydrogens is 276 g/mol. The number of hydrogen-bond donors (Lipinski definition) is 1. The molecule has 5 nitrogen and oxygen atoms in total. The SMILES string of the molecule is CCCc1ncc(CN2CCCC[C@@H]2CCNC(C)=O)cn1. The second kappa shape index (κ2) is 8.83. The number of carbonyl (C=O) groups is 1. The quantitative estimate of drug-likeness (QED) is 0.840. The summed E-state index contributed by atoms with van der Waals surface area (Å²) >= 11 is 0. The van der Waals surface area contributed by atoms with E-state index in [2.05, 4.69) is 27.1 Å². The van der Waals surface area contributed by atoms with Crippen LogP contribution in [0.3, 0.4) is 0 Å². The summed E-state index contributed by atoms with van der Waals surface area (Å²) in [5.74, 6) is 0.995. The standard InChI is InChI=1S/C17H28N4O/c1-3-6-17-19-11-15(12-20-17)13-21-10-5-4-7-16(21)8-9-18-14(2)22/h11-12,16H,3-10,13H2,1-2H3,(H,18,22)/t16-/m1/s1. The highest BCUT2D eigenvalue weighted by atomic mass is 16.1. The van der Waals surface area contributed by atoms with E-state index < -0.39 is 0 Å². The number of piperidine rings is 1. The number of hydrogen-bond acceptors (Lipinski definition) is 4. The molecule has 1 atom stereocenters. The fraction of sp³-hybridized carbons (Fsp3) is 0.706. The van der Waals surface area contributed by atoms with Gasteiger partial charge in [0.2, 0.25) is 5.91 Å². The molecule has 1 aliphatic rings. The Hall–Kier alpha value is -1.49. The van der Waals surface area contributed by atoms with Gasteiger partial charge in [-0.3, -0.25) is 9.69 Å². The summed E-state index contributed by atoms with van der Waals surface area (Å²) < 4.78 is 0. The molecule has 1 aliphatic heterocycles. The van der Waals surface area contributed by atoms with E-state index >= 15 is 0 Å². The molecule has 1 aromatic rings. The van der Waals surface area contributed by atoms with Gasteiger partial charge >= 0.3 is 0 Å². The van der Waals surface area contributed by atoms with E-state index in [4.69, 9.17) is 0 Å². The van der Waals surface area contributed by atoms with E-state index in [9.17, 15) is 4.79 Å². The van der Waals surface area contributed by atoms with Gasteiger partial charge in [0, 0.05) is 50.4 Å². The Morgan fingerprint density at radius 3 is 2.82 bits per heavy atom. The second-order valence-electron chi connectivity index (χ2n) is 6.15. The zero-order valence-electron chi connectivity index (χ0n) is 13.8. The molecule has 1 saturated heterocycles. The molecule has 0 bridgehead atoms. The van der Waals surface area contributed by atoms with Crippen molar-refractivity contribution in [1.29, 1.82) is 0 Å². The van der Waals surface area contributed by atoms with Crippen molar-refractivity contribution < 1.29 is 4.79 Å². The van der Waals surface area contributed by atoms with Gasteiger partial charge in [-0.1, -0.05) is 13.3 Å². The van der Waals surface area contributed by atoms with Crippen molar-refractivity contribution in [3.63, 3.8) is 0 Å². The number of aromatic nitrogens is 2. The summed E-state index contributed by atoms with van der Waals surface area (Å²) in [6.45, 7) is 6.53. The molecule has 1 amide bonds. The zero-order valence-corrected chi connectivity index (χ0v) is 13.8. The van der Waals surface area contributed by atoms with Gasteiger partial charge in [-0.2, -0.15) is 0 Å². The third-order valence-corrected chi connectivity index (χ3v) is 4.22. The van der Waals surface area contributed by atoms with E-state index in [0.717, 1.165) is 44.7 Å². The van der Waals surface area contributed by atoms with Crippen LogP contribution in [0.25, 0.3) is 0 Å². The number of rotatable bonds is 7. The van der Waals surface area contributed by atoms with E-state index in [-0.39, 0.29) is 5.91 Å². The van der Waals surface area contributed by atoms with Crippen LogP contribution >= 0.6 is 0 Å². The van der Waals surface area contributed by atoms with Crippen molar-refractivity contribution >= 4 is 5.91 Å². The summed E-state index contributed by atoms with van der Waals surface area (Å²) in [5.41, 5.74) is 1.19. The lowest BCUT2D eigenvalue weighted by Gasteiger charge is -2.35. The van der Waals surface area contributed by atoms with Crippen LogP contribution in [0.15, 0.2) is 12.4 Å². The van der Waals surface area contributed by atoms with Gasteiger partial charge in [0.25, 0.3) is 0 Å². The summed E-state index contributed by atoms with van der Waals surface area (Å²) in [6.07, 6.45) is 10.7.